The van der Waals surface area contributed by atoms with Crippen LogP contribution in [0.25, 0.3) is 0 Å². The highest BCUT2D eigenvalue weighted by molar-refractivity contribution is 5.92. The number of carbonyl (C=O) groups is 1. The summed E-state index contributed by atoms with van der Waals surface area (Å²) in [6.45, 7) is 2.16. The lowest BCUT2D eigenvalue weighted by Gasteiger charge is -2.11. The van der Waals surface area contributed by atoms with Crippen LogP contribution in [0.5, 0.6) is 5.75 Å². The molecule has 2 rings (SSSR count). The molecule has 0 aliphatic carbocycles. The van der Waals surface area contributed by atoms with Gasteiger partial charge in [-0.3, -0.25) is 10.1 Å². The highest BCUT2D eigenvalue weighted by Crippen LogP contribution is 2.15. The zero-order valence-electron chi connectivity index (χ0n) is 11.6. The Hall–Kier alpha value is -2.27. The minimum atomic E-state index is -0.103. The van der Waals surface area contributed by atoms with Gasteiger partial charge >= 0.3 is 0 Å². The first-order chi connectivity index (χ1) is 9.69. The first-order valence-electron chi connectivity index (χ1n) is 6.39. The van der Waals surface area contributed by atoms with E-state index in [1.165, 1.54) is 0 Å². The predicted octanol–water partition coefficient (Wildman–Crippen LogP) is 2.58. The van der Waals surface area contributed by atoms with Gasteiger partial charge in [-0.15, -0.1) is 0 Å². The van der Waals surface area contributed by atoms with E-state index in [0.29, 0.717) is 0 Å². The van der Waals surface area contributed by atoms with Crippen LogP contribution in [0.3, 0.4) is 0 Å². The van der Waals surface area contributed by atoms with Crippen LogP contribution in [-0.4, -0.2) is 19.6 Å². The second kappa shape index (κ2) is 6.77. The summed E-state index contributed by atoms with van der Waals surface area (Å²) in [6.07, 6.45) is 1.62. The maximum atomic E-state index is 11.8. The minimum Gasteiger partial charge on any atom is -0.497 e. The van der Waals surface area contributed by atoms with E-state index in [1.807, 2.05) is 19.1 Å². The van der Waals surface area contributed by atoms with Gasteiger partial charge in [0.1, 0.15) is 11.5 Å². The van der Waals surface area contributed by atoms with Gasteiger partial charge in [-0.2, -0.15) is 0 Å². The first kappa shape index (κ1) is 14.1. The number of benzene rings is 1. The number of hydrogen-bond donors (Lipinski definition) is 2. The number of rotatable bonds is 6. The quantitative estimate of drug-likeness (QED) is 0.849. The molecule has 0 fully saturated rings. The van der Waals surface area contributed by atoms with Crippen molar-refractivity contribution >= 4 is 11.6 Å². The fourth-order valence-electron chi connectivity index (χ4n) is 1.76. The number of amides is 1. The average molecular weight is 274 g/mol. The van der Waals surface area contributed by atoms with Gasteiger partial charge < -0.3 is 14.5 Å². The molecule has 0 radical (unpaired) electrons. The summed E-state index contributed by atoms with van der Waals surface area (Å²) in [6, 6.07) is 10.9. The molecule has 0 spiro atoms. The molecule has 5 heteroatoms. The van der Waals surface area contributed by atoms with Crippen molar-refractivity contribution in [1.82, 2.24) is 5.32 Å². The van der Waals surface area contributed by atoms with E-state index in [4.69, 9.17) is 9.15 Å². The number of methoxy groups -OCH3 is 1. The third kappa shape index (κ3) is 3.86. The molecule has 0 saturated carbocycles. The van der Waals surface area contributed by atoms with Gasteiger partial charge in [-0.1, -0.05) is 0 Å². The molecule has 5 nitrogen and oxygen atoms in total. The van der Waals surface area contributed by atoms with Gasteiger partial charge in [0.2, 0.25) is 5.91 Å². The maximum absolute atomic E-state index is 11.8. The van der Waals surface area contributed by atoms with Gasteiger partial charge in [0.05, 0.1) is 26.0 Å². The Labute approximate surface area is 117 Å². The van der Waals surface area contributed by atoms with Gasteiger partial charge in [-0.25, -0.2) is 0 Å². The molecule has 0 unspecified atom stereocenters. The lowest BCUT2D eigenvalue weighted by atomic mass is 10.2. The highest BCUT2D eigenvalue weighted by Gasteiger charge is 2.09. The summed E-state index contributed by atoms with van der Waals surface area (Å²) in [5.41, 5.74) is 0.739. The van der Waals surface area contributed by atoms with Gasteiger partial charge in [0.15, 0.2) is 0 Å². The van der Waals surface area contributed by atoms with Crippen molar-refractivity contribution in [2.24, 2.45) is 0 Å². The van der Waals surface area contributed by atoms with Crippen LogP contribution in [0.4, 0.5) is 5.69 Å². The third-order valence-corrected chi connectivity index (χ3v) is 2.91. The normalized spacial score (nSPS) is 11.9. The van der Waals surface area contributed by atoms with E-state index in [2.05, 4.69) is 10.6 Å². The van der Waals surface area contributed by atoms with E-state index in [1.54, 1.807) is 37.6 Å². The van der Waals surface area contributed by atoms with E-state index in [9.17, 15) is 4.79 Å². The highest BCUT2D eigenvalue weighted by atomic mass is 16.5. The zero-order valence-corrected chi connectivity index (χ0v) is 11.6. The molecule has 2 aromatic rings. The Kier molecular flexibility index (Phi) is 4.79. The van der Waals surface area contributed by atoms with Gasteiger partial charge in [-0.05, 0) is 43.3 Å². The zero-order chi connectivity index (χ0) is 14.4. The Bertz CT molecular complexity index is 535. The van der Waals surface area contributed by atoms with E-state index in [0.717, 1.165) is 17.2 Å². The largest absolute Gasteiger partial charge is 0.497 e. The first-order valence-corrected chi connectivity index (χ1v) is 6.39. The molecule has 1 atom stereocenters. The van der Waals surface area contributed by atoms with Crippen molar-refractivity contribution in [1.29, 1.82) is 0 Å². The lowest BCUT2D eigenvalue weighted by molar-refractivity contribution is -0.115. The Morgan fingerprint density at radius 3 is 2.65 bits per heavy atom. The molecule has 0 aliphatic heterocycles. The monoisotopic (exact) mass is 274 g/mol. The van der Waals surface area contributed by atoms with Crippen LogP contribution < -0.4 is 15.4 Å². The predicted molar refractivity (Wildman–Crippen MR) is 76.7 cm³/mol. The summed E-state index contributed by atoms with van der Waals surface area (Å²) in [5.74, 6) is 1.46. The van der Waals surface area contributed by atoms with Crippen LogP contribution in [0.2, 0.25) is 0 Å². The third-order valence-electron chi connectivity index (χ3n) is 2.91. The van der Waals surface area contributed by atoms with Crippen molar-refractivity contribution in [3.63, 3.8) is 0 Å². The molecular formula is C15H18N2O3. The molecule has 1 aromatic carbocycles. The van der Waals surface area contributed by atoms with Crippen LogP contribution >= 0.6 is 0 Å². The number of anilines is 1. The molecule has 0 saturated heterocycles. The number of ether oxygens (including phenoxy) is 1. The number of furan rings is 1. The molecule has 1 aromatic heterocycles. The number of hydrogen-bond acceptors (Lipinski definition) is 4. The Morgan fingerprint density at radius 1 is 1.30 bits per heavy atom. The standard InChI is InChI=1S/C15H18N2O3/c1-11(14-4-3-9-20-14)16-10-15(18)17-12-5-7-13(19-2)8-6-12/h3-9,11,16H,10H2,1-2H3,(H,17,18)/t11-/m0/s1. The Morgan fingerprint density at radius 2 is 2.05 bits per heavy atom. The number of nitrogens with one attached hydrogen (secondary N) is 2. The molecule has 0 bridgehead atoms. The van der Waals surface area contributed by atoms with Gasteiger partial charge in [0, 0.05) is 5.69 Å². The SMILES string of the molecule is COc1ccc(NC(=O)CN[C@@H](C)c2ccco2)cc1. The fourth-order valence-corrected chi connectivity index (χ4v) is 1.76. The molecule has 1 heterocycles. The Balaban J connectivity index is 1.80. The summed E-state index contributed by atoms with van der Waals surface area (Å²) < 4.78 is 10.3. The average Bonchev–Trinajstić information content (AvgIpc) is 3.00. The fraction of sp³-hybridized carbons (Fsp3) is 0.267. The summed E-state index contributed by atoms with van der Waals surface area (Å²) in [5, 5.41) is 5.90. The minimum absolute atomic E-state index is 0.00776. The summed E-state index contributed by atoms with van der Waals surface area (Å²) >= 11 is 0. The maximum Gasteiger partial charge on any atom is 0.238 e. The van der Waals surface area contributed by atoms with E-state index >= 15 is 0 Å². The van der Waals surface area contributed by atoms with Crippen molar-refractivity contribution in [3.8, 4) is 5.75 Å². The molecule has 2 N–H and O–H groups in total. The van der Waals surface area contributed by atoms with Crippen LogP contribution in [0, 0.1) is 0 Å². The molecule has 0 aliphatic rings. The smallest absolute Gasteiger partial charge is 0.238 e. The van der Waals surface area contributed by atoms with Crippen LogP contribution in [0.1, 0.15) is 18.7 Å². The van der Waals surface area contributed by atoms with Crippen molar-refractivity contribution in [2.45, 2.75) is 13.0 Å². The van der Waals surface area contributed by atoms with Crippen molar-refractivity contribution < 1.29 is 13.9 Å². The molecule has 1 amide bonds. The lowest BCUT2D eigenvalue weighted by Crippen LogP contribution is -2.29. The van der Waals surface area contributed by atoms with Crippen molar-refractivity contribution in [2.75, 3.05) is 19.0 Å². The summed E-state index contributed by atoms with van der Waals surface area (Å²) in [4.78, 5) is 11.8. The second-order valence-corrected chi connectivity index (χ2v) is 4.39. The van der Waals surface area contributed by atoms with Crippen molar-refractivity contribution in [3.05, 3.63) is 48.4 Å². The van der Waals surface area contributed by atoms with E-state index < -0.39 is 0 Å². The molecule has 20 heavy (non-hydrogen) atoms. The second-order valence-electron chi connectivity index (χ2n) is 4.39. The van der Waals surface area contributed by atoms with Crippen LogP contribution in [0.15, 0.2) is 47.1 Å². The van der Waals surface area contributed by atoms with Gasteiger partial charge in [0.25, 0.3) is 0 Å². The molecule has 106 valence electrons. The van der Waals surface area contributed by atoms with E-state index in [-0.39, 0.29) is 18.5 Å². The topological polar surface area (TPSA) is 63.5 Å². The number of carbonyl (C=O) groups excluding carboxylic acids is 1. The summed E-state index contributed by atoms with van der Waals surface area (Å²) in [7, 11) is 1.60. The molecular weight excluding hydrogens is 256 g/mol. The van der Waals surface area contributed by atoms with Crippen LogP contribution in [-0.2, 0) is 4.79 Å².